The van der Waals surface area contributed by atoms with E-state index in [1.807, 2.05) is 18.2 Å². The van der Waals surface area contributed by atoms with Crippen LogP contribution in [0.1, 0.15) is 19.3 Å². The molecule has 5 heteroatoms. The summed E-state index contributed by atoms with van der Waals surface area (Å²) in [6.45, 7) is 0.440. The smallest absolute Gasteiger partial charge is 0.311 e. The number of nitrogens with one attached hydrogen (secondary N) is 1. The third-order valence-corrected chi connectivity index (χ3v) is 4.04. The fraction of sp³-hybridized carbons (Fsp3) is 0.462. The first-order valence-electron chi connectivity index (χ1n) is 5.88. The molecule has 0 amide bonds. The van der Waals surface area contributed by atoms with Gasteiger partial charge >= 0.3 is 5.97 Å². The summed E-state index contributed by atoms with van der Waals surface area (Å²) in [5, 5.41) is 12.5. The second-order valence-corrected chi connectivity index (χ2v) is 5.55. The number of carboxylic acid groups (broad SMARTS) is 1. The van der Waals surface area contributed by atoms with E-state index in [2.05, 4.69) is 21.2 Å². The number of anilines is 1. The highest BCUT2D eigenvalue weighted by molar-refractivity contribution is 9.10. The van der Waals surface area contributed by atoms with Crippen LogP contribution in [0.3, 0.4) is 0 Å². The molecule has 1 aliphatic carbocycles. The van der Waals surface area contributed by atoms with Gasteiger partial charge in [-0.1, -0.05) is 22.4 Å². The summed E-state index contributed by atoms with van der Waals surface area (Å²) in [7, 11) is 1.60. The maximum Gasteiger partial charge on any atom is 0.311 e. The second kappa shape index (κ2) is 5.18. The zero-order chi connectivity index (χ0) is 13.2. The third kappa shape index (κ3) is 2.46. The van der Waals surface area contributed by atoms with E-state index in [9.17, 15) is 9.90 Å². The Balaban J connectivity index is 2.10. The predicted octanol–water partition coefficient (Wildman–Crippen LogP) is 3.12. The Morgan fingerprint density at radius 2 is 2.28 bits per heavy atom. The Kier molecular flexibility index (Phi) is 3.80. The molecule has 98 valence electrons. The minimum atomic E-state index is -0.713. The first kappa shape index (κ1) is 13.2. The van der Waals surface area contributed by atoms with Crippen molar-refractivity contribution in [3.8, 4) is 5.75 Å². The third-order valence-electron chi connectivity index (χ3n) is 3.54. The van der Waals surface area contributed by atoms with Crippen LogP contribution in [0.15, 0.2) is 22.7 Å². The maximum absolute atomic E-state index is 11.3. The van der Waals surface area contributed by atoms with Gasteiger partial charge in [0.15, 0.2) is 0 Å². The molecule has 0 unspecified atom stereocenters. The highest BCUT2D eigenvalue weighted by Crippen LogP contribution is 2.42. The number of rotatable bonds is 5. The lowest BCUT2D eigenvalue weighted by atomic mass is 9.69. The zero-order valence-electron chi connectivity index (χ0n) is 10.2. The number of halogens is 1. The van der Waals surface area contributed by atoms with Crippen LogP contribution in [-0.4, -0.2) is 24.7 Å². The standard InChI is InChI=1S/C13H16BrNO3/c1-18-11-4-3-9(14)7-10(11)15-8-13(12(16)17)5-2-6-13/h3-4,7,15H,2,5-6,8H2,1H3,(H,16,17). The summed E-state index contributed by atoms with van der Waals surface area (Å²) in [6.07, 6.45) is 2.47. The Hall–Kier alpha value is -1.23. The van der Waals surface area contributed by atoms with Crippen LogP contribution in [0.25, 0.3) is 0 Å². The van der Waals surface area contributed by atoms with Gasteiger partial charge in [-0.05, 0) is 31.0 Å². The van der Waals surface area contributed by atoms with E-state index in [4.69, 9.17) is 4.74 Å². The van der Waals surface area contributed by atoms with Crippen molar-refractivity contribution in [2.75, 3.05) is 19.0 Å². The minimum absolute atomic E-state index is 0.440. The quantitative estimate of drug-likeness (QED) is 0.877. The Morgan fingerprint density at radius 1 is 1.56 bits per heavy atom. The highest BCUT2D eigenvalue weighted by Gasteiger charge is 2.44. The van der Waals surface area contributed by atoms with Gasteiger partial charge in [-0.2, -0.15) is 0 Å². The van der Waals surface area contributed by atoms with Gasteiger partial charge in [0, 0.05) is 11.0 Å². The number of benzene rings is 1. The van der Waals surface area contributed by atoms with E-state index in [0.717, 1.165) is 35.2 Å². The molecular formula is C13H16BrNO3. The lowest BCUT2D eigenvalue weighted by Crippen LogP contribution is -2.43. The fourth-order valence-corrected chi connectivity index (χ4v) is 2.51. The molecule has 0 heterocycles. The molecule has 18 heavy (non-hydrogen) atoms. The van der Waals surface area contributed by atoms with Crippen molar-refractivity contribution in [1.29, 1.82) is 0 Å². The molecule has 0 aliphatic heterocycles. The number of hydrogen-bond donors (Lipinski definition) is 2. The van der Waals surface area contributed by atoms with E-state index in [1.54, 1.807) is 7.11 Å². The number of ether oxygens (including phenoxy) is 1. The summed E-state index contributed by atoms with van der Waals surface area (Å²) in [5.41, 5.74) is 0.215. The number of carbonyl (C=O) groups is 1. The van der Waals surface area contributed by atoms with Gasteiger partial charge in [0.05, 0.1) is 18.2 Å². The van der Waals surface area contributed by atoms with Gasteiger partial charge in [0.2, 0.25) is 0 Å². The molecule has 2 N–H and O–H groups in total. The first-order valence-corrected chi connectivity index (χ1v) is 6.67. The molecule has 1 aliphatic rings. The summed E-state index contributed by atoms with van der Waals surface area (Å²) < 4.78 is 6.18. The van der Waals surface area contributed by atoms with Gasteiger partial charge in [-0.3, -0.25) is 4.79 Å². The number of hydrogen-bond acceptors (Lipinski definition) is 3. The fourth-order valence-electron chi connectivity index (χ4n) is 2.15. The van der Waals surface area contributed by atoms with Gasteiger partial charge in [-0.15, -0.1) is 0 Å². The molecule has 0 aromatic heterocycles. The molecule has 0 saturated heterocycles. The molecule has 1 fully saturated rings. The van der Waals surface area contributed by atoms with Crippen LogP contribution in [-0.2, 0) is 4.79 Å². The van der Waals surface area contributed by atoms with Crippen LogP contribution in [0.4, 0.5) is 5.69 Å². The number of aliphatic carboxylic acids is 1. The SMILES string of the molecule is COc1ccc(Br)cc1NCC1(C(=O)O)CCC1. The molecule has 1 saturated carbocycles. The van der Waals surface area contributed by atoms with Crippen molar-refractivity contribution in [2.45, 2.75) is 19.3 Å². The largest absolute Gasteiger partial charge is 0.495 e. The van der Waals surface area contributed by atoms with Crippen LogP contribution in [0.5, 0.6) is 5.75 Å². The van der Waals surface area contributed by atoms with E-state index < -0.39 is 11.4 Å². The van der Waals surface area contributed by atoms with Gasteiger partial charge in [0.25, 0.3) is 0 Å². The summed E-state index contributed by atoms with van der Waals surface area (Å²) in [6, 6.07) is 5.63. The van der Waals surface area contributed by atoms with Crippen molar-refractivity contribution in [1.82, 2.24) is 0 Å². The normalized spacial score (nSPS) is 16.8. The molecule has 0 atom stereocenters. The van der Waals surface area contributed by atoms with Crippen molar-refractivity contribution in [3.63, 3.8) is 0 Å². The molecule has 1 aromatic rings. The minimum Gasteiger partial charge on any atom is -0.495 e. The van der Waals surface area contributed by atoms with Crippen molar-refractivity contribution >= 4 is 27.6 Å². The van der Waals surface area contributed by atoms with Crippen molar-refractivity contribution in [2.24, 2.45) is 5.41 Å². The van der Waals surface area contributed by atoms with Gasteiger partial charge < -0.3 is 15.2 Å². The summed E-state index contributed by atoms with van der Waals surface area (Å²) in [5.74, 6) is 0.00766. The monoisotopic (exact) mass is 313 g/mol. The zero-order valence-corrected chi connectivity index (χ0v) is 11.8. The first-order chi connectivity index (χ1) is 8.57. The lowest BCUT2D eigenvalue weighted by molar-refractivity contribution is -0.153. The topological polar surface area (TPSA) is 58.6 Å². The summed E-state index contributed by atoms with van der Waals surface area (Å²) >= 11 is 3.39. The Morgan fingerprint density at radius 3 is 2.78 bits per heavy atom. The Labute approximate surface area is 114 Å². The predicted molar refractivity (Wildman–Crippen MR) is 73.1 cm³/mol. The molecular weight excluding hydrogens is 298 g/mol. The van der Waals surface area contributed by atoms with Crippen molar-refractivity contribution < 1.29 is 14.6 Å². The maximum atomic E-state index is 11.3. The highest BCUT2D eigenvalue weighted by atomic mass is 79.9. The van der Waals surface area contributed by atoms with Crippen LogP contribution >= 0.6 is 15.9 Å². The van der Waals surface area contributed by atoms with E-state index >= 15 is 0 Å². The molecule has 0 bridgehead atoms. The van der Waals surface area contributed by atoms with Crippen LogP contribution in [0.2, 0.25) is 0 Å². The molecule has 4 nitrogen and oxygen atoms in total. The van der Waals surface area contributed by atoms with Gasteiger partial charge in [-0.25, -0.2) is 0 Å². The lowest BCUT2D eigenvalue weighted by Gasteiger charge is -2.38. The second-order valence-electron chi connectivity index (χ2n) is 4.64. The van der Waals surface area contributed by atoms with E-state index in [1.165, 1.54) is 0 Å². The van der Waals surface area contributed by atoms with Crippen LogP contribution < -0.4 is 10.1 Å². The van der Waals surface area contributed by atoms with E-state index in [-0.39, 0.29) is 0 Å². The molecule has 2 rings (SSSR count). The molecule has 1 aromatic carbocycles. The van der Waals surface area contributed by atoms with Crippen LogP contribution in [0, 0.1) is 5.41 Å². The van der Waals surface area contributed by atoms with Gasteiger partial charge in [0.1, 0.15) is 5.75 Å². The van der Waals surface area contributed by atoms with E-state index in [0.29, 0.717) is 6.54 Å². The summed E-state index contributed by atoms with van der Waals surface area (Å²) in [4.78, 5) is 11.3. The Bertz CT molecular complexity index is 458. The van der Waals surface area contributed by atoms with Crippen molar-refractivity contribution in [3.05, 3.63) is 22.7 Å². The average molecular weight is 314 g/mol. The molecule has 0 radical (unpaired) electrons. The number of carboxylic acids is 1. The number of methoxy groups -OCH3 is 1. The average Bonchev–Trinajstić information content (AvgIpc) is 2.27. The molecule has 0 spiro atoms.